The van der Waals surface area contributed by atoms with Crippen molar-refractivity contribution in [1.82, 2.24) is 9.97 Å². The monoisotopic (exact) mass is 249 g/mol. The first-order valence-electron chi connectivity index (χ1n) is 5.14. The highest BCUT2D eigenvalue weighted by atomic mass is 35.5. The summed E-state index contributed by atoms with van der Waals surface area (Å²) in [5.74, 6) is 1.10. The molecule has 0 aliphatic rings. The predicted octanol–water partition coefficient (Wildman–Crippen LogP) is 2.69. The molecule has 2 N–H and O–H groups in total. The van der Waals surface area contributed by atoms with Gasteiger partial charge >= 0.3 is 0 Å². The molecule has 0 bridgehead atoms. The molecule has 5 heteroatoms. The molecular weight excluding hydrogens is 238 g/mol. The molecule has 0 amide bonds. The van der Waals surface area contributed by atoms with Crippen LogP contribution in [-0.4, -0.2) is 9.97 Å². The van der Waals surface area contributed by atoms with Gasteiger partial charge in [0.1, 0.15) is 12.1 Å². The molecule has 0 atom stereocenters. The Bertz CT molecular complexity index is 531. The van der Waals surface area contributed by atoms with Crippen molar-refractivity contribution in [1.29, 1.82) is 0 Å². The summed E-state index contributed by atoms with van der Waals surface area (Å²) in [4.78, 5) is 8.02. The van der Waals surface area contributed by atoms with Crippen molar-refractivity contribution >= 4 is 11.6 Å². The van der Waals surface area contributed by atoms with E-state index in [1.165, 1.54) is 6.33 Å². The highest BCUT2D eigenvalue weighted by Gasteiger charge is 2.06. The van der Waals surface area contributed by atoms with E-state index in [0.717, 1.165) is 11.3 Å². The van der Waals surface area contributed by atoms with Crippen LogP contribution in [0.2, 0.25) is 5.02 Å². The fourth-order valence-corrected chi connectivity index (χ4v) is 1.55. The third-order valence-electron chi connectivity index (χ3n) is 2.24. The van der Waals surface area contributed by atoms with Crippen LogP contribution < -0.4 is 10.5 Å². The molecule has 0 radical (unpaired) electrons. The molecule has 0 aliphatic heterocycles. The van der Waals surface area contributed by atoms with E-state index in [2.05, 4.69) is 9.97 Å². The van der Waals surface area contributed by atoms with E-state index in [1.807, 2.05) is 13.0 Å². The van der Waals surface area contributed by atoms with E-state index in [4.69, 9.17) is 22.1 Å². The molecule has 2 rings (SSSR count). The molecule has 0 aliphatic carbocycles. The summed E-state index contributed by atoms with van der Waals surface area (Å²) in [7, 11) is 0. The van der Waals surface area contributed by atoms with Gasteiger partial charge in [0, 0.05) is 28.9 Å². The lowest BCUT2D eigenvalue weighted by Gasteiger charge is -2.09. The first kappa shape index (κ1) is 11.8. The van der Waals surface area contributed by atoms with E-state index in [0.29, 0.717) is 23.2 Å². The number of aromatic nitrogens is 2. The summed E-state index contributed by atoms with van der Waals surface area (Å²) in [6, 6.07) is 7.09. The molecule has 4 nitrogen and oxygen atoms in total. The molecule has 88 valence electrons. The quantitative estimate of drug-likeness (QED) is 0.909. The molecule has 1 aromatic carbocycles. The number of benzene rings is 1. The predicted molar refractivity (Wildman–Crippen MR) is 66.2 cm³/mol. The summed E-state index contributed by atoms with van der Waals surface area (Å²) in [5.41, 5.74) is 7.35. The van der Waals surface area contributed by atoms with Crippen molar-refractivity contribution in [2.75, 3.05) is 0 Å². The van der Waals surface area contributed by atoms with Gasteiger partial charge < -0.3 is 10.5 Å². The molecular formula is C12H12ClN3O. The Morgan fingerprint density at radius 2 is 2.12 bits per heavy atom. The normalized spacial score (nSPS) is 10.3. The van der Waals surface area contributed by atoms with E-state index in [9.17, 15) is 0 Å². The molecule has 0 fully saturated rings. The van der Waals surface area contributed by atoms with Gasteiger partial charge in [-0.05, 0) is 19.1 Å². The maximum Gasteiger partial charge on any atom is 0.222 e. The van der Waals surface area contributed by atoms with Crippen molar-refractivity contribution in [3.05, 3.63) is 46.9 Å². The summed E-state index contributed by atoms with van der Waals surface area (Å²) in [6.45, 7) is 2.26. The van der Waals surface area contributed by atoms with Crippen LogP contribution in [0, 0.1) is 6.92 Å². The van der Waals surface area contributed by atoms with Crippen LogP contribution >= 0.6 is 11.6 Å². The fourth-order valence-electron chi connectivity index (χ4n) is 1.39. The van der Waals surface area contributed by atoms with Crippen LogP contribution in [0.1, 0.15) is 11.3 Å². The molecule has 1 heterocycles. The van der Waals surface area contributed by atoms with E-state index in [1.54, 1.807) is 18.2 Å². The smallest absolute Gasteiger partial charge is 0.222 e. The van der Waals surface area contributed by atoms with Gasteiger partial charge in [-0.3, -0.25) is 0 Å². The Kier molecular flexibility index (Phi) is 3.56. The second kappa shape index (κ2) is 5.12. The molecule has 17 heavy (non-hydrogen) atoms. The average Bonchev–Trinajstić information content (AvgIpc) is 2.29. The number of aryl methyl sites for hydroxylation is 1. The number of rotatable bonds is 3. The Balaban J connectivity index is 2.32. The summed E-state index contributed by atoms with van der Waals surface area (Å²) >= 11 is 5.92. The Morgan fingerprint density at radius 3 is 2.82 bits per heavy atom. The van der Waals surface area contributed by atoms with E-state index >= 15 is 0 Å². The first-order valence-corrected chi connectivity index (χ1v) is 5.52. The van der Waals surface area contributed by atoms with Gasteiger partial charge in [0.15, 0.2) is 0 Å². The third kappa shape index (κ3) is 2.93. The number of ether oxygens (including phenoxy) is 1. The maximum atomic E-state index is 5.92. The van der Waals surface area contributed by atoms with Crippen LogP contribution in [0.4, 0.5) is 0 Å². The van der Waals surface area contributed by atoms with Gasteiger partial charge in [0.05, 0.1) is 0 Å². The minimum absolute atomic E-state index is 0.385. The van der Waals surface area contributed by atoms with Gasteiger partial charge in [-0.1, -0.05) is 17.7 Å². The van der Waals surface area contributed by atoms with Crippen LogP contribution in [0.15, 0.2) is 30.6 Å². The number of halogens is 1. The van der Waals surface area contributed by atoms with E-state index < -0.39 is 0 Å². The third-order valence-corrected chi connectivity index (χ3v) is 2.48. The molecule has 0 saturated carbocycles. The largest absolute Gasteiger partial charge is 0.439 e. The second-order valence-corrected chi connectivity index (χ2v) is 3.99. The lowest BCUT2D eigenvalue weighted by molar-refractivity contribution is 0.455. The highest BCUT2D eigenvalue weighted by molar-refractivity contribution is 6.30. The van der Waals surface area contributed by atoms with Crippen LogP contribution in [0.25, 0.3) is 0 Å². The van der Waals surface area contributed by atoms with Gasteiger partial charge in [0.25, 0.3) is 0 Å². The Labute approximate surface area is 104 Å². The van der Waals surface area contributed by atoms with Gasteiger partial charge in [-0.15, -0.1) is 0 Å². The minimum Gasteiger partial charge on any atom is -0.439 e. The minimum atomic E-state index is 0.385. The first-order chi connectivity index (χ1) is 8.19. The SMILES string of the molecule is Cc1cc(Oc2cc(Cl)ccc2CN)ncn1. The van der Waals surface area contributed by atoms with Crippen molar-refractivity contribution < 1.29 is 4.74 Å². The summed E-state index contributed by atoms with van der Waals surface area (Å²) in [5, 5.41) is 0.600. The fraction of sp³-hybridized carbons (Fsp3) is 0.167. The maximum absolute atomic E-state index is 5.92. The molecule has 1 aromatic heterocycles. The van der Waals surface area contributed by atoms with Crippen LogP contribution in [0.5, 0.6) is 11.6 Å². The summed E-state index contributed by atoms with van der Waals surface area (Å²) < 4.78 is 5.65. The number of hydrogen-bond donors (Lipinski definition) is 1. The zero-order valence-corrected chi connectivity index (χ0v) is 10.1. The summed E-state index contributed by atoms with van der Waals surface area (Å²) in [6.07, 6.45) is 1.46. The van der Waals surface area contributed by atoms with Gasteiger partial charge in [-0.25, -0.2) is 9.97 Å². The molecule has 0 unspecified atom stereocenters. The highest BCUT2D eigenvalue weighted by Crippen LogP contribution is 2.27. The van der Waals surface area contributed by atoms with Crippen molar-refractivity contribution in [3.63, 3.8) is 0 Å². The van der Waals surface area contributed by atoms with Crippen molar-refractivity contribution in [3.8, 4) is 11.6 Å². The number of hydrogen-bond acceptors (Lipinski definition) is 4. The number of nitrogens with two attached hydrogens (primary N) is 1. The molecule has 0 spiro atoms. The second-order valence-electron chi connectivity index (χ2n) is 3.56. The lowest BCUT2D eigenvalue weighted by Crippen LogP contribution is -2.00. The lowest BCUT2D eigenvalue weighted by atomic mass is 10.2. The standard InChI is InChI=1S/C12H12ClN3O/c1-8-4-12(16-7-15-8)17-11-5-10(13)3-2-9(11)6-14/h2-5,7H,6,14H2,1H3. The Hall–Kier alpha value is -1.65. The molecule has 0 saturated heterocycles. The molecule has 2 aromatic rings. The van der Waals surface area contributed by atoms with Gasteiger partial charge in [-0.2, -0.15) is 0 Å². The van der Waals surface area contributed by atoms with Crippen molar-refractivity contribution in [2.45, 2.75) is 13.5 Å². The Morgan fingerprint density at radius 1 is 1.29 bits per heavy atom. The zero-order valence-electron chi connectivity index (χ0n) is 9.35. The topological polar surface area (TPSA) is 61.0 Å². The van der Waals surface area contributed by atoms with Crippen LogP contribution in [-0.2, 0) is 6.54 Å². The zero-order chi connectivity index (χ0) is 12.3. The van der Waals surface area contributed by atoms with Gasteiger partial charge in [0.2, 0.25) is 5.88 Å². The van der Waals surface area contributed by atoms with Crippen LogP contribution in [0.3, 0.4) is 0 Å². The van der Waals surface area contributed by atoms with E-state index in [-0.39, 0.29) is 0 Å². The number of nitrogens with zero attached hydrogens (tertiary/aromatic N) is 2. The average molecular weight is 250 g/mol. The van der Waals surface area contributed by atoms with Crippen molar-refractivity contribution in [2.24, 2.45) is 5.73 Å².